The number of methoxy groups -OCH3 is 1. The van der Waals surface area contributed by atoms with E-state index in [0.29, 0.717) is 29.8 Å². The van der Waals surface area contributed by atoms with Crippen molar-refractivity contribution in [2.75, 3.05) is 7.11 Å². The predicted molar refractivity (Wildman–Crippen MR) is 95.4 cm³/mol. The van der Waals surface area contributed by atoms with Crippen LogP contribution in [0.5, 0.6) is 5.88 Å². The number of fused-ring (bicyclic) bond motifs is 1. The molecule has 0 bridgehead atoms. The maximum Gasteiger partial charge on any atom is 0.241 e. The molecule has 0 N–H and O–H groups in total. The Kier molecular flexibility index (Phi) is 4.57. The maximum atomic E-state index is 13.5. The lowest BCUT2D eigenvalue weighted by Gasteiger charge is -2.39. The highest BCUT2D eigenvalue weighted by Crippen LogP contribution is 2.34. The Morgan fingerprint density at radius 1 is 1.22 bits per heavy atom. The van der Waals surface area contributed by atoms with Gasteiger partial charge in [0, 0.05) is 18.2 Å². The van der Waals surface area contributed by atoms with Crippen molar-refractivity contribution in [1.82, 2.24) is 25.2 Å². The third-order valence-corrected chi connectivity index (χ3v) is 5.00. The molecule has 0 saturated carbocycles. The van der Waals surface area contributed by atoms with Crippen molar-refractivity contribution in [2.24, 2.45) is 0 Å². The summed E-state index contributed by atoms with van der Waals surface area (Å²) in [5.41, 5.74) is 2.72. The van der Waals surface area contributed by atoms with Crippen molar-refractivity contribution in [3.8, 4) is 17.4 Å². The Bertz CT molecular complexity index is 944. The summed E-state index contributed by atoms with van der Waals surface area (Å²) in [6, 6.07) is 8.79. The van der Waals surface area contributed by atoms with Crippen molar-refractivity contribution >= 4 is 0 Å². The maximum absolute atomic E-state index is 13.5. The zero-order chi connectivity index (χ0) is 19.0. The minimum Gasteiger partial charge on any atom is -0.480 e. The first-order valence-corrected chi connectivity index (χ1v) is 8.80. The van der Waals surface area contributed by atoms with Crippen LogP contribution in [0.2, 0.25) is 0 Å². The zero-order valence-corrected chi connectivity index (χ0v) is 15.4. The SMILES string of the molecule is COc1ccc(-c2noc(CN3C(C)Cc4cc(F)ccc4C3C)n2)nn1. The lowest BCUT2D eigenvalue weighted by atomic mass is 9.89. The number of hydrogen-bond donors (Lipinski definition) is 0. The van der Waals surface area contributed by atoms with Gasteiger partial charge >= 0.3 is 0 Å². The molecule has 7 nitrogen and oxygen atoms in total. The Balaban J connectivity index is 1.54. The van der Waals surface area contributed by atoms with Crippen LogP contribution in [0, 0.1) is 5.82 Å². The van der Waals surface area contributed by atoms with Gasteiger partial charge in [-0.05, 0) is 49.6 Å². The van der Waals surface area contributed by atoms with Crippen molar-refractivity contribution in [2.45, 2.75) is 38.9 Å². The van der Waals surface area contributed by atoms with Crippen LogP contribution < -0.4 is 4.74 Å². The first-order chi connectivity index (χ1) is 13.0. The molecule has 140 valence electrons. The summed E-state index contributed by atoms with van der Waals surface area (Å²) in [6.45, 7) is 4.74. The van der Waals surface area contributed by atoms with Gasteiger partial charge in [0.05, 0.1) is 13.7 Å². The summed E-state index contributed by atoms with van der Waals surface area (Å²) in [7, 11) is 1.53. The van der Waals surface area contributed by atoms with Crippen molar-refractivity contribution in [3.63, 3.8) is 0 Å². The lowest BCUT2D eigenvalue weighted by molar-refractivity contribution is 0.112. The van der Waals surface area contributed by atoms with Gasteiger partial charge in [-0.1, -0.05) is 11.2 Å². The van der Waals surface area contributed by atoms with Crippen molar-refractivity contribution in [1.29, 1.82) is 0 Å². The van der Waals surface area contributed by atoms with E-state index in [1.807, 2.05) is 6.07 Å². The molecule has 0 spiro atoms. The van der Waals surface area contributed by atoms with E-state index in [9.17, 15) is 4.39 Å². The molecule has 0 radical (unpaired) electrons. The van der Waals surface area contributed by atoms with Crippen LogP contribution in [0.4, 0.5) is 4.39 Å². The third-order valence-electron chi connectivity index (χ3n) is 5.00. The van der Waals surface area contributed by atoms with E-state index < -0.39 is 0 Å². The minimum absolute atomic E-state index is 0.125. The average molecular weight is 369 g/mol. The molecule has 1 aromatic carbocycles. The van der Waals surface area contributed by atoms with E-state index >= 15 is 0 Å². The molecule has 0 saturated heterocycles. The molecular formula is C19H20FN5O2. The van der Waals surface area contributed by atoms with Crippen molar-refractivity contribution < 1.29 is 13.7 Å². The quantitative estimate of drug-likeness (QED) is 0.699. The van der Waals surface area contributed by atoms with Crippen LogP contribution in [0.1, 0.15) is 36.9 Å². The molecule has 4 rings (SSSR count). The molecule has 1 aliphatic rings. The van der Waals surface area contributed by atoms with Crippen LogP contribution in [0.25, 0.3) is 11.5 Å². The fraction of sp³-hybridized carbons (Fsp3) is 0.368. The Hall–Kier alpha value is -2.87. The number of benzene rings is 1. The van der Waals surface area contributed by atoms with E-state index in [1.165, 1.54) is 13.2 Å². The highest BCUT2D eigenvalue weighted by Gasteiger charge is 2.30. The van der Waals surface area contributed by atoms with Crippen LogP contribution in [0.15, 0.2) is 34.9 Å². The van der Waals surface area contributed by atoms with Crippen LogP contribution in [-0.4, -0.2) is 38.4 Å². The van der Waals surface area contributed by atoms with E-state index in [0.717, 1.165) is 17.5 Å². The molecule has 2 unspecified atom stereocenters. The molecule has 8 heteroatoms. The van der Waals surface area contributed by atoms with Gasteiger partial charge in [0.1, 0.15) is 11.5 Å². The molecule has 2 aromatic heterocycles. The molecule has 2 atom stereocenters. The smallest absolute Gasteiger partial charge is 0.241 e. The van der Waals surface area contributed by atoms with Gasteiger partial charge in [-0.15, -0.1) is 10.2 Å². The van der Waals surface area contributed by atoms with Crippen molar-refractivity contribution in [3.05, 3.63) is 53.2 Å². The monoisotopic (exact) mass is 369 g/mol. The summed E-state index contributed by atoms with van der Waals surface area (Å²) < 4.78 is 24.0. The number of nitrogens with zero attached hydrogens (tertiary/aromatic N) is 5. The van der Waals surface area contributed by atoms with Gasteiger partial charge in [-0.3, -0.25) is 4.90 Å². The standard InChI is InChI=1S/C19H20FN5O2/c1-11-8-13-9-14(20)4-5-15(13)12(2)25(11)10-18-21-19(24-27-18)16-6-7-17(26-3)23-22-16/h4-7,9,11-12H,8,10H2,1-3H3. The molecule has 27 heavy (non-hydrogen) atoms. The average Bonchev–Trinajstić information content (AvgIpc) is 3.13. The summed E-state index contributed by atoms with van der Waals surface area (Å²) in [5.74, 6) is 1.13. The molecule has 0 fully saturated rings. The third kappa shape index (κ3) is 3.40. The number of halogens is 1. The molecule has 3 heterocycles. The van der Waals surface area contributed by atoms with Gasteiger partial charge in [-0.25, -0.2) is 4.39 Å². The lowest BCUT2D eigenvalue weighted by Crippen LogP contribution is -2.40. The molecule has 0 amide bonds. The van der Waals surface area contributed by atoms with Gasteiger partial charge in [0.25, 0.3) is 0 Å². The topological polar surface area (TPSA) is 77.2 Å². The van der Waals surface area contributed by atoms with Gasteiger partial charge in [-0.2, -0.15) is 4.98 Å². The Morgan fingerprint density at radius 2 is 2.07 bits per heavy atom. The van der Waals surface area contributed by atoms with Crippen LogP contribution in [-0.2, 0) is 13.0 Å². The summed E-state index contributed by atoms with van der Waals surface area (Å²) in [6.07, 6.45) is 0.780. The molecule has 1 aliphatic heterocycles. The van der Waals surface area contributed by atoms with Gasteiger partial charge < -0.3 is 9.26 Å². The second-order valence-corrected chi connectivity index (χ2v) is 6.72. The highest BCUT2D eigenvalue weighted by atomic mass is 19.1. The first-order valence-electron chi connectivity index (χ1n) is 8.80. The first kappa shape index (κ1) is 17.5. The Morgan fingerprint density at radius 3 is 2.81 bits per heavy atom. The summed E-state index contributed by atoms with van der Waals surface area (Å²) in [4.78, 5) is 6.72. The minimum atomic E-state index is -0.191. The molecule has 3 aromatic rings. The Labute approximate surface area is 156 Å². The van der Waals surface area contributed by atoms with E-state index in [2.05, 4.69) is 39.1 Å². The number of rotatable bonds is 4. The van der Waals surface area contributed by atoms with E-state index in [4.69, 9.17) is 9.26 Å². The van der Waals surface area contributed by atoms with E-state index in [-0.39, 0.29) is 17.9 Å². The fourth-order valence-electron chi connectivity index (χ4n) is 3.57. The highest BCUT2D eigenvalue weighted by molar-refractivity contribution is 5.47. The second kappa shape index (κ2) is 7.03. The largest absolute Gasteiger partial charge is 0.480 e. The number of aromatic nitrogens is 4. The fourth-order valence-corrected chi connectivity index (χ4v) is 3.57. The van der Waals surface area contributed by atoms with Gasteiger partial charge in [0.15, 0.2) is 0 Å². The number of hydrogen-bond acceptors (Lipinski definition) is 7. The molecular weight excluding hydrogens is 349 g/mol. The predicted octanol–water partition coefficient (Wildman–Crippen LogP) is 3.18. The van der Waals surface area contributed by atoms with Gasteiger partial charge in [0.2, 0.25) is 17.6 Å². The summed E-state index contributed by atoms with van der Waals surface area (Å²) >= 11 is 0. The number of ether oxygens (including phenoxy) is 1. The zero-order valence-electron chi connectivity index (χ0n) is 15.4. The normalized spacial score (nSPS) is 19.7. The second-order valence-electron chi connectivity index (χ2n) is 6.72. The van der Waals surface area contributed by atoms with Crippen LogP contribution >= 0.6 is 0 Å². The summed E-state index contributed by atoms with van der Waals surface area (Å²) in [5, 5.41) is 12.0. The van der Waals surface area contributed by atoms with Crippen LogP contribution in [0.3, 0.4) is 0 Å². The molecule has 0 aliphatic carbocycles. The van der Waals surface area contributed by atoms with E-state index in [1.54, 1.807) is 18.2 Å².